The topological polar surface area (TPSA) is 93.8 Å². The van der Waals surface area contributed by atoms with Crippen LogP contribution in [0.5, 0.6) is 0 Å². The summed E-state index contributed by atoms with van der Waals surface area (Å²) >= 11 is 15.6. The van der Waals surface area contributed by atoms with Crippen LogP contribution in [0.15, 0.2) is 22.4 Å². The van der Waals surface area contributed by atoms with Gasteiger partial charge in [0.05, 0.1) is 31.2 Å². The van der Waals surface area contributed by atoms with Gasteiger partial charge in [-0.3, -0.25) is 0 Å². The van der Waals surface area contributed by atoms with Crippen molar-refractivity contribution in [3.63, 3.8) is 0 Å². The molecule has 0 radical (unpaired) electrons. The van der Waals surface area contributed by atoms with Crippen molar-refractivity contribution in [2.24, 2.45) is 0 Å². The second-order valence-corrected chi connectivity index (χ2v) is 11.1. The highest BCUT2D eigenvalue weighted by Crippen LogP contribution is 2.53. The number of rotatable bonds is 3. The first-order valence-corrected chi connectivity index (χ1v) is 12.4. The van der Waals surface area contributed by atoms with Gasteiger partial charge in [-0.1, -0.05) is 34.5 Å². The van der Waals surface area contributed by atoms with Crippen LogP contribution < -0.4 is 0 Å². The molecule has 1 aliphatic rings. The van der Waals surface area contributed by atoms with Gasteiger partial charge < -0.3 is 5.11 Å². The van der Waals surface area contributed by atoms with E-state index in [2.05, 4.69) is 22.0 Å². The van der Waals surface area contributed by atoms with Crippen molar-refractivity contribution in [3.8, 4) is 27.8 Å². The number of carbonyl (C=O) groups is 1. The smallest absolute Gasteiger partial charge is 0.355 e. The van der Waals surface area contributed by atoms with Crippen molar-refractivity contribution in [1.29, 1.82) is 0 Å². The molecule has 11 heteroatoms. The Hall–Kier alpha value is -2.46. The fraction of sp³-hybridized carbons (Fsp3) is 0.227. The molecule has 1 N–H and O–H groups in total. The Balaban J connectivity index is 1.71. The van der Waals surface area contributed by atoms with E-state index in [-0.39, 0.29) is 10.9 Å². The molecule has 3 aromatic heterocycles. The number of aromatic nitrogens is 5. The standard InChI is InChI=1S/C22H17Cl2N5O2S2/c1-8-5-9(2)26-19(25-8)16-10(3)28-29(18(16)20(30)31)22-27-17-13-7-15(24)14(23)6-12(13)11(4)32-21(17)33-22/h5-7,11H,1-4H3,(H,30,31). The van der Waals surface area contributed by atoms with Gasteiger partial charge in [0.1, 0.15) is 0 Å². The van der Waals surface area contributed by atoms with Crippen molar-refractivity contribution >= 4 is 52.3 Å². The van der Waals surface area contributed by atoms with E-state index < -0.39 is 5.97 Å². The van der Waals surface area contributed by atoms with E-state index in [0.29, 0.717) is 32.3 Å². The van der Waals surface area contributed by atoms with Crippen LogP contribution in [0.4, 0.5) is 0 Å². The number of carboxylic acids is 1. The summed E-state index contributed by atoms with van der Waals surface area (Å²) in [6, 6.07) is 5.53. The maximum absolute atomic E-state index is 12.4. The number of nitrogens with zero attached hydrogens (tertiary/aromatic N) is 5. The highest BCUT2D eigenvalue weighted by Gasteiger charge is 2.31. The summed E-state index contributed by atoms with van der Waals surface area (Å²) in [5, 5.41) is 16.2. The van der Waals surface area contributed by atoms with Crippen LogP contribution in [0.3, 0.4) is 0 Å². The number of hydrogen-bond acceptors (Lipinski definition) is 7. The van der Waals surface area contributed by atoms with Crippen LogP contribution in [-0.2, 0) is 0 Å². The summed E-state index contributed by atoms with van der Waals surface area (Å²) in [4.78, 5) is 26.1. The molecule has 0 saturated heterocycles. The average Bonchev–Trinajstić information content (AvgIpc) is 3.29. The Morgan fingerprint density at radius 1 is 1.06 bits per heavy atom. The van der Waals surface area contributed by atoms with Crippen LogP contribution >= 0.6 is 46.3 Å². The van der Waals surface area contributed by atoms with Crippen molar-refractivity contribution in [1.82, 2.24) is 24.7 Å². The fourth-order valence-electron chi connectivity index (χ4n) is 3.93. The molecule has 0 amide bonds. The number of aryl methyl sites for hydroxylation is 3. The van der Waals surface area contributed by atoms with Gasteiger partial charge in [-0.15, -0.1) is 11.8 Å². The largest absolute Gasteiger partial charge is 0.476 e. The zero-order valence-corrected chi connectivity index (χ0v) is 21.1. The first-order chi connectivity index (χ1) is 15.6. The number of thioether (sulfide) groups is 1. The quantitative estimate of drug-likeness (QED) is 0.329. The number of aromatic carboxylic acids is 1. The van der Waals surface area contributed by atoms with Crippen molar-refractivity contribution in [3.05, 3.63) is 56.6 Å². The Morgan fingerprint density at radius 3 is 2.39 bits per heavy atom. The second-order valence-electron chi connectivity index (χ2n) is 7.75. The maximum Gasteiger partial charge on any atom is 0.355 e. The van der Waals surface area contributed by atoms with Crippen molar-refractivity contribution in [2.45, 2.75) is 37.2 Å². The number of thiazole rings is 1. The lowest BCUT2D eigenvalue weighted by atomic mass is 10.0. The minimum absolute atomic E-state index is 0.0176. The third-order valence-electron chi connectivity index (χ3n) is 5.30. The highest BCUT2D eigenvalue weighted by atomic mass is 35.5. The molecule has 0 aliphatic carbocycles. The van der Waals surface area contributed by atoms with E-state index in [1.807, 2.05) is 32.0 Å². The number of benzene rings is 1. The summed E-state index contributed by atoms with van der Waals surface area (Å²) in [5.41, 5.74) is 5.08. The van der Waals surface area contributed by atoms with Gasteiger partial charge in [0.25, 0.3) is 0 Å². The minimum atomic E-state index is -1.13. The molecule has 4 heterocycles. The molecule has 7 nitrogen and oxygen atoms in total. The van der Waals surface area contributed by atoms with E-state index in [0.717, 1.165) is 32.4 Å². The monoisotopic (exact) mass is 517 g/mol. The van der Waals surface area contributed by atoms with Gasteiger partial charge in [-0.25, -0.2) is 19.7 Å². The number of carboxylic acid groups (broad SMARTS) is 1. The summed E-state index contributed by atoms with van der Waals surface area (Å²) in [6.07, 6.45) is 0. The van der Waals surface area contributed by atoms with E-state index in [9.17, 15) is 9.90 Å². The van der Waals surface area contributed by atoms with Crippen LogP contribution in [0.25, 0.3) is 27.8 Å². The molecule has 1 aromatic carbocycles. The van der Waals surface area contributed by atoms with Crippen LogP contribution in [0.1, 0.15) is 45.3 Å². The third kappa shape index (κ3) is 3.73. The van der Waals surface area contributed by atoms with Crippen LogP contribution in [0.2, 0.25) is 10.0 Å². The normalized spacial score (nSPS) is 14.8. The minimum Gasteiger partial charge on any atom is -0.476 e. The SMILES string of the molecule is Cc1cc(C)nc(-c2c(C)nn(-c3nc4c(s3)SC(C)c3cc(Cl)c(Cl)cc3-4)c2C(=O)O)n1. The number of fused-ring (bicyclic) bond motifs is 3. The van der Waals surface area contributed by atoms with Gasteiger partial charge in [0, 0.05) is 22.2 Å². The number of halogens is 2. The molecule has 0 bridgehead atoms. The van der Waals surface area contributed by atoms with Crippen LogP contribution in [0, 0.1) is 20.8 Å². The Bertz CT molecular complexity index is 1440. The van der Waals surface area contributed by atoms with E-state index in [1.54, 1.807) is 18.7 Å². The van der Waals surface area contributed by atoms with Crippen molar-refractivity contribution < 1.29 is 9.90 Å². The van der Waals surface area contributed by atoms with Crippen molar-refractivity contribution in [2.75, 3.05) is 0 Å². The summed E-state index contributed by atoms with van der Waals surface area (Å²) < 4.78 is 2.34. The predicted molar refractivity (Wildman–Crippen MR) is 131 cm³/mol. The summed E-state index contributed by atoms with van der Waals surface area (Å²) in [5.74, 6) is -0.789. The second kappa shape index (κ2) is 8.09. The first-order valence-electron chi connectivity index (χ1n) is 9.96. The predicted octanol–water partition coefficient (Wildman–Crippen LogP) is 6.55. The van der Waals surface area contributed by atoms with Gasteiger partial charge in [-0.2, -0.15) is 9.78 Å². The molecule has 168 valence electrons. The van der Waals surface area contributed by atoms with Gasteiger partial charge in [0.2, 0.25) is 5.13 Å². The van der Waals surface area contributed by atoms with Gasteiger partial charge in [0.15, 0.2) is 11.5 Å². The maximum atomic E-state index is 12.4. The zero-order valence-electron chi connectivity index (χ0n) is 18.0. The molecule has 1 unspecified atom stereocenters. The molecule has 0 spiro atoms. The number of hydrogen-bond donors (Lipinski definition) is 1. The highest BCUT2D eigenvalue weighted by molar-refractivity contribution is 8.01. The Kier molecular flexibility index (Phi) is 5.48. The lowest BCUT2D eigenvalue weighted by molar-refractivity contribution is 0.0687. The lowest BCUT2D eigenvalue weighted by Gasteiger charge is -2.21. The zero-order chi connectivity index (χ0) is 23.6. The summed E-state index contributed by atoms with van der Waals surface area (Å²) in [7, 11) is 0. The molecule has 1 atom stereocenters. The fourth-order valence-corrected chi connectivity index (χ4v) is 6.80. The molecule has 33 heavy (non-hydrogen) atoms. The van der Waals surface area contributed by atoms with E-state index in [1.165, 1.54) is 16.0 Å². The first kappa shape index (κ1) is 22.3. The molecule has 5 rings (SSSR count). The summed E-state index contributed by atoms with van der Waals surface area (Å²) in [6.45, 7) is 7.54. The van der Waals surface area contributed by atoms with E-state index in [4.69, 9.17) is 28.2 Å². The van der Waals surface area contributed by atoms with Gasteiger partial charge >= 0.3 is 5.97 Å². The van der Waals surface area contributed by atoms with E-state index >= 15 is 0 Å². The molecule has 0 fully saturated rings. The van der Waals surface area contributed by atoms with Crippen LogP contribution in [-0.4, -0.2) is 35.8 Å². The molecular formula is C22H17Cl2N5O2S2. The van der Waals surface area contributed by atoms with Gasteiger partial charge in [-0.05, 0) is 51.5 Å². The molecular weight excluding hydrogens is 501 g/mol. The molecule has 1 aliphatic heterocycles. The Morgan fingerprint density at radius 2 is 1.73 bits per heavy atom. The molecule has 0 saturated carbocycles. The molecule has 4 aromatic rings. The average molecular weight is 518 g/mol. The lowest BCUT2D eigenvalue weighted by Crippen LogP contribution is -2.10. The third-order valence-corrected chi connectivity index (χ3v) is 8.41. The Labute approximate surface area is 207 Å².